The molecule has 0 bridgehead atoms. The molecule has 11 heteroatoms. The molecular weight excluding hydrogens is 681 g/mol. The van der Waals surface area contributed by atoms with E-state index in [1.165, 1.54) is 32.1 Å². The number of hydrogen-bond acceptors (Lipinski definition) is 9. The Morgan fingerprint density at radius 3 is 1.79 bits per heavy atom. The maximum Gasteiger partial charge on any atom is 0.472 e. The molecule has 0 aromatic carbocycles. The molecular formula is C41H72NO9P. The van der Waals surface area contributed by atoms with E-state index in [9.17, 15) is 24.2 Å². The van der Waals surface area contributed by atoms with E-state index in [0.717, 1.165) is 70.6 Å². The minimum absolute atomic E-state index is 0.0354. The molecule has 0 aliphatic rings. The molecule has 0 spiro atoms. The van der Waals surface area contributed by atoms with Crippen LogP contribution >= 0.6 is 7.82 Å². The number of nitrogens with two attached hydrogens (primary N) is 1. The molecule has 0 saturated heterocycles. The van der Waals surface area contributed by atoms with Crippen LogP contribution in [0.15, 0.2) is 60.8 Å². The van der Waals surface area contributed by atoms with Gasteiger partial charge in [-0.25, -0.2) is 4.57 Å². The van der Waals surface area contributed by atoms with Crippen LogP contribution in [0.25, 0.3) is 0 Å². The number of carbonyl (C=O) groups is 2. The molecule has 0 aromatic heterocycles. The summed E-state index contributed by atoms with van der Waals surface area (Å²) in [6.45, 7) is 3.33. The number of phosphoric acid groups is 1. The monoisotopic (exact) mass is 753 g/mol. The number of phosphoric ester groups is 1. The van der Waals surface area contributed by atoms with Gasteiger partial charge in [0.15, 0.2) is 6.10 Å². The highest BCUT2D eigenvalue weighted by Crippen LogP contribution is 2.43. The molecule has 0 aliphatic carbocycles. The lowest BCUT2D eigenvalue weighted by molar-refractivity contribution is -0.161. The van der Waals surface area contributed by atoms with Crippen LogP contribution in [0.3, 0.4) is 0 Å². The molecule has 52 heavy (non-hydrogen) atoms. The summed E-state index contributed by atoms with van der Waals surface area (Å²) in [7, 11) is -4.40. The lowest BCUT2D eigenvalue weighted by Crippen LogP contribution is -2.29. The van der Waals surface area contributed by atoms with E-state index in [4.69, 9.17) is 24.3 Å². The quantitative estimate of drug-likeness (QED) is 0.0244. The zero-order valence-corrected chi connectivity index (χ0v) is 33.3. The molecule has 0 aliphatic heterocycles. The van der Waals surface area contributed by atoms with Crippen molar-refractivity contribution < 1.29 is 42.7 Å². The molecule has 0 aromatic rings. The van der Waals surface area contributed by atoms with E-state index < -0.39 is 32.5 Å². The second kappa shape index (κ2) is 37.0. The molecule has 10 nitrogen and oxygen atoms in total. The molecule has 0 fully saturated rings. The van der Waals surface area contributed by atoms with Crippen molar-refractivity contribution in [2.45, 2.75) is 161 Å². The van der Waals surface area contributed by atoms with Gasteiger partial charge in [0.2, 0.25) is 0 Å². The van der Waals surface area contributed by atoms with Crippen molar-refractivity contribution in [2.24, 2.45) is 5.73 Å². The van der Waals surface area contributed by atoms with Gasteiger partial charge in [0, 0.05) is 19.4 Å². The highest BCUT2D eigenvalue weighted by molar-refractivity contribution is 7.47. The van der Waals surface area contributed by atoms with Gasteiger partial charge in [-0.3, -0.25) is 18.6 Å². The first kappa shape index (κ1) is 49.7. The third-order valence-corrected chi connectivity index (χ3v) is 9.02. The number of rotatable bonds is 36. The summed E-state index contributed by atoms with van der Waals surface area (Å²) in [6, 6.07) is 0. The van der Waals surface area contributed by atoms with Gasteiger partial charge in [-0.05, 0) is 83.5 Å². The van der Waals surface area contributed by atoms with E-state index in [0.29, 0.717) is 19.3 Å². The average molecular weight is 754 g/mol. The molecule has 0 amide bonds. The minimum Gasteiger partial charge on any atom is -0.462 e. The van der Waals surface area contributed by atoms with E-state index in [1.54, 1.807) is 0 Å². The van der Waals surface area contributed by atoms with Crippen LogP contribution in [0.2, 0.25) is 0 Å². The summed E-state index contributed by atoms with van der Waals surface area (Å²) in [5, 5.41) is 9.55. The van der Waals surface area contributed by atoms with E-state index in [1.807, 2.05) is 19.1 Å². The van der Waals surface area contributed by atoms with Crippen molar-refractivity contribution in [1.29, 1.82) is 0 Å². The van der Waals surface area contributed by atoms with Gasteiger partial charge in [0.05, 0.1) is 19.3 Å². The summed E-state index contributed by atoms with van der Waals surface area (Å²) in [5.74, 6) is -0.929. The van der Waals surface area contributed by atoms with Crippen molar-refractivity contribution in [1.82, 2.24) is 0 Å². The van der Waals surface area contributed by atoms with Crippen LogP contribution < -0.4 is 5.73 Å². The maximum atomic E-state index is 12.5. The Hall–Kier alpha value is -2.33. The molecule has 3 unspecified atom stereocenters. The lowest BCUT2D eigenvalue weighted by Gasteiger charge is -2.19. The molecule has 300 valence electrons. The minimum atomic E-state index is -4.40. The normalized spacial score (nSPS) is 14.6. The molecule has 0 rings (SSSR count). The Balaban J connectivity index is 4.35. The molecule has 0 radical (unpaired) electrons. The second-order valence-electron chi connectivity index (χ2n) is 12.9. The number of aliphatic hydroxyl groups excluding tert-OH is 1. The summed E-state index contributed by atoms with van der Waals surface area (Å²) in [5.41, 5.74) is 5.33. The summed E-state index contributed by atoms with van der Waals surface area (Å²) < 4.78 is 32.6. The Labute approximate surface area is 315 Å². The third-order valence-electron chi connectivity index (χ3n) is 8.04. The number of ether oxygens (including phenoxy) is 2. The van der Waals surface area contributed by atoms with Crippen molar-refractivity contribution in [3.8, 4) is 0 Å². The van der Waals surface area contributed by atoms with Gasteiger partial charge in [0.1, 0.15) is 6.61 Å². The van der Waals surface area contributed by atoms with Crippen molar-refractivity contribution >= 4 is 19.8 Å². The number of esters is 2. The first-order valence-electron chi connectivity index (χ1n) is 19.8. The number of allylic oxidation sites excluding steroid dienone is 10. The Bertz CT molecular complexity index is 1060. The van der Waals surface area contributed by atoms with Crippen LogP contribution in [0, 0.1) is 0 Å². The average Bonchev–Trinajstić information content (AvgIpc) is 3.13. The predicted octanol–water partition coefficient (Wildman–Crippen LogP) is 9.91. The number of hydrogen-bond donors (Lipinski definition) is 3. The molecule has 3 atom stereocenters. The fourth-order valence-corrected chi connectivity index (χ4v) is 5.66. The van der Waals surface area contributed by atoms with Crippen LogP contribution in [0.5, 0.6) is 0 Å². The Kier molecular flexibility index (Phi) is 35.3. The van der Waals surface area contributed by atoms with Crippen LogP contribution in [-0.4, -0.2) is 60.5 Å². The smallest absolute Gasteiger partial charge is 0.462 e. The SMILES string of the molecule is CCCCCCC=CCCCCCCCC(=O)OCC(COP(=O)(O)OCCN)OC(=O)CCCC=CCC=CCC=CCC=CCCC(O)CC. The van der Waals surface area contributed by atoms with E-state index in [2.05, 4.69) is 55.5 Å². The molecule has 4 N–H and O–H groups in total. The first-order chi connectivity index (χ1) is 25.2. The van der Waals surface area contributed by atoms with Gasteiger partial charge >= 0.3 is 19.8 Å². The maximum absolute atomic E-state index is 12.5. The van der Waals surface area contributed by atoms with Gasteiger partial charge in [-0.2, -0.15) is 0 Å². The number of carbonyl (C=O) groups excluding carboxylic acids is 2. The largest absolute Gasteiger partial charge is 0.472 e. The summed E-state index contributed by atoms with van der Waals surface area (Å²) in [6.07, 6.45) is 39.1. The van der Waals surface area contributed by atoms with Crippen LogP contribution in [0.4, 0.5) is 0 Å². The van der Waals surface area contributed by atoms with Crippen molar-refractivity contribution in [3.05, 3.63) is 60.8 Å². The standard InChI is InChI=1S/C41H72NO9P/c1-3-5-6-7-8-9-10-13-17-20-23-26-29-32-40(44)48-36-39(37-50-52(46,47)49-35-34-42)51-41(45)33-30-27-24-21-18-15-12-11-14-16-19-22-25-28-31-38(43)4-2/h9-10,12,14-16,21-22,24-25,38-39,43H,3-8,11,13,17-20,23,26-37,42H2,1-2H3,(H,46,47). The summed E-state index contributed by atoms with van der Waals surface area (Å²) >= 11 is 0. The fourth-order valence-electron chi connectivity index (χ4n) is 4.89. The van der Waals surface area contributed by atoms with Gasteiger partial charge in [0.25, 0.3) is 0 Å². The lowest BCUT2D eigenvalue weighted by atomic mass is 10.1. The Morgan fingerprint density at radius 2 is 1.17 bits per heavy atom. The van der Waals surface area contributed by atoms with Gasteiger partial charge in [-0.15, -0.1) is 0 Å². The van der Waals surface area contributed by atoms with Crippen molar-refractivity contribution in [3.63, 3.8) is 0 Å². The first-order valence-corrected chi connectivity index (χ1v) is 21.3. The topological polar surface area (TPSA) is 155 Å². The zero-order valence-electron chi connectivity index (χ0n) is 32.4. The highest BCUT2D eigenvalue weighted by atomic mass is 31.2. The second-order valence-corrected chi connectivity index (χ2v) is 14.4. The van der Waals surface area contributed by atoms with E-state index >= 15 is 0 Å². The predicted molar refractivity (Wildman–Crippen MR) is 212 cm³/mol. The van der Waals surface area contributed by atoms with E-state index in [-0.39, 0.29) is 38.7 Å². The number of unbranched alkanes of at least 4 members (excludes halogenated alkanes) is 10. The fraction of sp³-hybridized carbons (Fsp3) is 0.707. The highest BCUT2D eigenvalue weighted by Gasteiger charge is 2.25. The number of aliphatic hydroxyl groups is 1. The van der Waals surface area contributed by atoms with Gasteiger partial charge in [-0.1, -0.05) is 113 Å². The van der Waals surface area contributed by atoms with Crippen LogP contribution in [-0.2, 0) is 32.7 Å². The Morgan fingerprint density at radius 1 is 0.654 bits per heavy atom. The zero-order chi connectivity index (χ0) is 38.4. The summed E-state index contributed by atoms with van der Waals surface area (Å²) in [4.78, 5) is 34.7. The van der Waals surface area contributed by atoms with Crippen LogP contribution in [0.1, 0.15) is 149 Å². The molecule has 0 heterocycles. The van der Waals surface area contributed by atoms with Crippen molar-refractivity contribution in [2.75, 3.05) is 26.4 Å². The van der Waals surface area contributed by atoms with Gasteiger partial charge < -0.3 is 25.2 Å². The third kappa shape index (κ3) is 36.0. The molecule has 0 saturated carbocycles.